The minimum atomic E-state index is 0.00545. The van der Waals surface area contributed by atoms with Gasteiger partial charge in [0.2, 0.25) is 0 Å². The third-order valence-corrected chi connectivity index (χ3v) is 4.40. The van der Waals surface area contributed by atoms with Gasteiger partial charge in [0.25, 0.3) is 5.91 Å². The van der Waals surface area contributed by atoms with Crippen LogP contribution in [0.3, 0.4) is 0 Å². The molecule has 1 amide bonds. The lowest BCUT2D eigenvalue weighted by molar-refractivity contribution is 0.0694. The van der Waals surface area contributed by atoms with Gasteiger partial charge in [-0.1, -0.05) is 0 Å². The molecular formula is C17H23N5O3. The Hall–Kier alpha value is -2.61. The summed E-state index contributed by atoms with van der Waals surface area (Å²) in [5.41, 5.74) is 6.05. The Bertz CT molecular complexity index is 696. The van der Waals surface area contributed by atoms with Gasteiger partial charge in [0.1, 0.15) is 19.3 Å². The molecule has 1 aromatic carbocycles. The van der Waals surface area contributed by atoms with Crippen LogP contribution in [0.15, 0.2) is 30.9 Å². The number of aromatic nitrogens is 3. The highest BCUT2D eigenvalue weighted by atomic mass is 16.5. The van der Waals surface area contributed by atoms with Gasteiger partial charge in [-0.2, -0.15) is 0 Å². The molecule has 3 rings (SSSR count). The molecule has 0 atom stereocenters. The van der Waals surface area contributed by atoms with Crippen LogP contribution in [0.5, 0.6) is 11.5 Å². The Kier molecular flexibility index (Phi) is 5.49. The molecule has 8 nitrogen and oxygen atoms in total. The van der Waals surface area contributed by atoms with E-state index in [0.717, 1.165) is 12.8 Å². The lowest BCUT2D eigenvalue weighted by atomic mass is 10.0. The Morgan fingerprint density at radius 1 is 1.24 bits per heavy atom. The highest BCUT2D eigenvalue weighted by Crippen LogP contribution is 2.29. The van der Waals surface area contributed by atoms with Crippen LogP contribution in [0.2, 0.25) is 0 Å². The van der Waals surface area contributed by atoms with Crippen molar-refractivity contribution in [1.29, 1.82) is 0 Å². The predicted molar refractivity (Wildman–Crippen MR) is 91.7 cm³/mol. The molecule has 0 aliphatic carbocycles. The molecule has 134 valence electrons. The number of nitrogens with two attached hydrogens (primary N) is 1. The maximum atomic E-state index is 12.8. The van der Waals surface area contributed by atoms with Crippen molar-refractivity contribution in [2.24, 2.45) is 5.73 Å². The summed E-state index contributed by atoms with van der Waals surface area (Å²) in [4.78, 5) is 14.6. The first-order chi connectivity index (χ1) is 12.2. The van der Waals surface area contributed by atoms with Crippen molar-refractivity contribution < 1.29 is 14.3 Å². The van der Waals surface area contributed by atoms with Gasteiger partial charge in [-0.3, -0.25) is 4.79 Å². The quantitative estimate of drug-likeness (QED) is 0.842. The van der Waals surface area contributed by atoms with Crippen LogP contribution < -0.4 is 15.2 Å². The fourth-order valence-electron chi connectivity index (χ4n) is 3.04. The number of rotatable bonds is 6. The van der Waals surface area contributed by atoms with Gasteiger partial charge in [-0.15, -0.1) is 10.2 Å². The van der Waals surface area contributed by atoms with Gasteiger partial charge < -0.3 is 24.7 Å². The number of methoxy groups -OCH3 is 1. The number of likely N-dealkylation sites (tertiary alicyclic amines) is 1. The SMILES string of the molecule is COc1cc(C(=O)N2CCC(n3cnnc3)CC2)ccc1OCCN. The minimum absolute atomic E-state index is 0.00545. The summed E-state index contributed by atoms with van der Waals surface area (Å²) >= 11 is 0. The largest absolute Gasteiger partial charge is 0.493 e. The van der Waals surface area contributed by atoms with Crippen molar-refractivity contribution >= 4 is 5.91 Å². The van der Waals surface area contributed by atoms with Crippen molar-refractivity contribution in [2.45, 2.75) is 18.9 Å². The molecule has 1 aromatic heterocycles. The van der Waals surface area contributed by atoms with E-state index in [4.69, 9.17) is 15.2 Å². The molecule has 25 heavy (non-hydrogen) atoms. The number of carbonyl (C=O) groups excluding carboxylic acids is 1. The first-order valence-corrected chi connectivity index (χ1v) is 8.37. The molecular weight excluding hydrogens is 322 g/mol. The van der Waals surface area contributed by atoms with Gasteiger partial charge in [-0.05, 0) is 31.0 Å². The molecule has 0 spiro atoms. The van der Waals surface area contributed by atoms with Gasteiger partial charge in [0, 0.05) is 31.2 Å². The standard InChI is InChI=1S/C17H23N5O3/c1-24-16-10-13(2-3-15(16)25-9-6-18)17(23)21-7-4-14(5-8-21)22-11-19-20-12-22/h2-3,10-12,14H,4-9,18H2,1H3. The molecule has 0 saturated carbocycles. The van der Waals surface area contributed by atoms with Crippen molar-refractivity contribution in [3.05, 3.63) is 36.4 Å². The van der Waals surface area contributed by atoms with Gasteiger partial charge in [0.15, 0.2) is 11.5 Å². The van der Waals surface area contributed by atoms with Crippen LogP contribution in [0, 0.1) is 0 Å². The summed E-state index contributed by atoms with van der Waals surface area (Å²) in [6.07, 6.45) is 5.23. The molecule has 2 aromatic rings. The van der Waals surface area contributed by atoms with Crippen LogP contribution in [0.1, 0.15) is 29.2 Å². The summed E-state index contributed by atoms with van der Waals surface area (Å²) in [5, 5.41) is 7.69. The van der Waals surface area contributed by atoms with Crippen LogP contribution >= 0.6 is 0 Å². The summed E-state index contributed by atoms with van der Waals surface area (Å²) in [6.45, 7) is 2.23. The van der Waals surface area contributed by atoms with E-state index in [2.05, 4.69) is 10.2 Å². The fraction of sp³-hybridized carbons (Fsp3) is 0.471. The van der Waals surface area contributed by atoms with E-state index in [0.29, 0.717) is 49.3 Å². The van der Waals surface area contributed by atoms with Crippen LogP contribution in [-0.2, 0) is 0 Å². The zero-order valence-corrected chi connectivity index (χ0v) is 14.3. The zero-order valence-electron chi connectivity index (χ0n) is 14.3. The van der Waals surface area contributed by atoms with Gasteiger partial charge >= 0.3 is 0 Å². The Morgan fingerprint density at radius 2 is 1.96 bits per heavy atom. The van der Waals surface area contributed by atoms with E-state index in [1.807, 2.05) is 9.47 Å². The molecule has 0 bridgehead atoms. The molecule has 1 saturated heterocycles. The highest BCUT2D eigenvalue weighted by Gasteiger charge is 2.25. The number of ether oxygens (including phenoxy) is 2. The number of carbonyl (C=O) groups is 1. The average Bonchev–Trinajstić information content (AvgIpc) is 3.20. The molecule has 1 aliphatic rings. The third kappa shape index (κ3) is 3.90. The maximum absolute atomic E-state index is 12.8. The number of piperidine rings is 1. The van der Waals surface area contributed by atoms with Crippen molar-refractivity contribution in [1.82, 2.24) is 19.7 Å². The van der Waals surface area contributed by atoms with Crippen molar-refractivity contribution in [2.75, 3.05) is 33.4 Å². The summed E-state index contributed by atoms with van der Waals surface area (Å²) in [7, 11) is 1.56. The number of amides is 1. The first kappa shape index (κ1) is 17.2. The van der Waals surface area contributed by atoms with Crippen LogP contribution in [-0.4, -0.2) is 58.9 Å². The van der Waals surface area contributed by atoms with Crippen molar-refractivity contribution in [3.8, 4) is 11.5 Å². The van der Waals surface area contributed by atoms with Gasteiger partial charge in [-0.25, -0.2) is 0 Å². The topological polar surface area (TPSA) is 95.5 Å². The summed E-state index contributed by atoms with van der Waals surface area (Å²) in [6, 6.07) is 5.59. The Balaban J connectivity index is 1.65. The Morgan fingerprint density at radius 3 is 2.60 bits per heavy atom. The summed E-state index contributed by atoms with van der Waals surface area (Å²) in [5.74, 6) is 1.14. The summed E-state index contributed by atoms with van der Waals surface area (Å²) < 4.78 is 12.9. The van der Waals surface area contributed by atoms with Crippen LogP contribution in [0.25, 0.3) is 0 Å². The van der Waals surface area contributed by atoms with E-state index in [1.165, 1.54) is 0 Å². The highest BCUT2D eigenvalue weighted by molar-refractivity contribution is 5.95. The Labute approximate surface area is 146 Å². The molecule has 2 heterocycles. The van der Waals surface area contributed by atoms with Crippen molar-refractivity contribution in [3.63, 3.8) is 0 Å². The average molecular weight is 345 g/mol. The lowest BCUT2D eigenvalue weighted by Crippen LogP contribution is -2.38. The molecule has 0 radical (unpaired) electrons. The first-order valence-electron chi connectivity index (χ1n) is 8.37. The second-order valence-corrected chi connectivity index (χ2v) is 5.94. The van der Waals surface area contributed by atoms with E-state index in [-0.39, 0.29) is 5.91 Å². The second-order valence-electron chi connectivity index (χ2n) is 5.94. The molecule has 0 unspecified atom stereocenters. The zero-order chi connectivity index (χ0) is 17.6. The van der Waals surface area contributed by atoms with E-state index in [9.17, 15) is 4.79 Å². The second kappa shape index (κ2) is 7.98. The van der Waals surface area contributed by atoms with E-state index in [1.54, 1.807) is 38.0 Å². The number of benzene rings is 1. The third-order valence-electron chi connectivity index (χ3n) is 4.40. The smallest absolute Gasteiger partial charge is 0.253 e. The molecule has 8 heteroatoms. The number of hydrogen-bond donors (Lipinski definition) is 1. The fourth-order valence-corrected chi connectivity index (χ4v) is 3.04. The van der Waals surface area contributed by atoms with Gasteiger partial charge in [0.05, 0.1) is 7.11 Å². The lowest BCUT2D eigenvalue weighted by Gasteiger charge is -2.32. The minimum Gasteiger partial charge on any atom is -0.493 e. The molecule has 1 aliphatic heterocycles. The maximum Gasteiger partial charge on any atom is 0.253 e. The molecule has 1 fully saturated rings. The van der Waals surface area contributed by atoms with Crippen LogP contribution in [0.4, 0.5) is 0 Å². The van der Waals surface area contributed by atoms with E-state index < -0.39 is 0 Å². The molecule has 2 N–H and O–H groups in total. The normalized spacial score (nSPS) is 15.2. The number of hydrogen-bond acceptors (Lipinski definition) is 6. The van der Waals surface area contributed by atoms with E-state index >= 15 is 0 Å². The predicted octanol–water partition coefficient (Wildman–Crippen LogP) is 1.10. The number of nitrogens with zero attached hydrogens (tertiary/aromatic N) is 4. The monoisotopic (exact) mass is 345 g/mol.